The summed E-state index contributed by atoms with van der Waals surface area (Å²) in [6, 6.07) is 12.8. The van der Waals surface area contributed by atoms with Gasteiger partial charge < -0.3 is 18.8 Å². The topological polar surface area (TPSA) is 58.4 Å². The number of hydrogen-bond acceptors (Lipinski definition) is 6. The number of aromatic nitrogens is 3. The summed E-state index contributed by atoms with van der Waals surface area (Å²) < 4.78 is 19.4. The van der Waals surface area contributed by atoms with Gasteiger partial charge in [0.15, 0.2) is 28.6 Å². The SMILES string of the molecule is Cn1c(SCCOc2ccc(Cl)cc2Cl)nnc1C1COc2ccccc2O1. The molecule has 1 aliphatic rings. The molecule has 0 radical (unpaired) electrons. The number of para-hydroxylation sites is 2. The average molecular weight is 438 g/mol. The molecule has 0 aliphatic carbocycles. The Bertz CT molecular complexity index is 983. The first-order valence-corrected chi connectivity index (χ1v) is 10.3. The molecule has 146 valence electrons. The first-order valence-electron chi connectivity index (χ1n) is 8.60. The standard InChI is InChI=1S/C19H17Cl2N3O3S/c1-24-18(17-11-26-15-4-2-3-5-16(15)27-17)22-23-19(24)28-9-8-25-14-7-6-12(20)10-13(14)21/h2-7,10,17H,8-9,11H2,1H3. The molecule has 0 fully saturated rings. The Hall–Kier alpha value is -2.09. The molecule has 9 heteroatoms. The van der Waals surface area contributed by atoms with E-state index in [4.69, 9.17) is 37.4 Å². The van der Waals surface area contributed by atoms with E-state index >= 15 is 0 Å². The van der Waals surface area contributed by atoms with Crippen molar-refractivity contribution in [1.82, 2.24) is 14.8 Å². The van der Waals surface area contributed by atoms with Crippen LogP contribution in [0.4, 0.5) is 0 Å². The summed E-state index contributed by atoms with van der Waals surface area (Å²) in [5.74, 6) is 3.48. The van der Waals surface area contributed by atoms with E-state index in [1.807, 2.05) is 35.9 Å². The third-order valence-electron chi connectivity index (χ3n) is 4.13. The lowest BCUT2D eigenvalue weighted by Gasteiger charge is -2.25. The lowest BCUT2D eigenvalue weighted by Crippen LogP contribution is -2.24. The van der Waals surface area contributed by atoms with Crippen molar-refractivity contribution in [3.8, 4) is 17.2 Å². The number of benzene rings is 2. The van der Waals surface area contributed by atoms with E-state index in [9.17, 15) is 0 Å². The molecule has 1 atom stereocenters. The molecule has 1 unspecified atom stereocenters. The monoisotopic (exact) mass is 437 g/mol. The summed E-state index contributed by atoms with van der Waals surface area (Å²) in [6.45, 7) is 0.871. The number of nitrogens with zero attached hydrogens (tertiary/aromatic N) is 3. The van der Waals surface area contributed by atoms with Crippen LogP contribution >= 0.6 is 35.0 Å². The van der Waals surface area contributed by atoms with Crippen LogP contribution in [0, 0.1) is 0 Å². The quantitative estimate of drug-likeness (QED) is 0.407. The first kappa shape index (κ1) is 19.2. The second kappa shape index (κ2) is 8.51. The molecule has 1 aromatic heterocycles. The molecule has 0 bridgehead atoms. The van der Waals surface area contributed by atoms with E-state index in [1.54, 1.807) is 30.0 Å². The van der Waals surface area contributed by atoms with E-state index in [0.717, 1.165) is 16.7 Å². The van der Waals surface area contributed by atoms with Crippen LogP contribution < -0.4 is 14.2 Å². The van der Waals surface area contributed by atoms with Crippen molar-refractivity contribution in [2.24, 2.45) is 7.05 Å². The van der Waals surface area contributed by atoms with Crippen molar-refractivity contribution in [3.63, 3.8) is 0 Å². The van der Waals surface area contributed by atoms with E-state index in [0.29, 0.717) is 40.5 Å². The van der Waals surface area contributed by atoms with Crippen molar-refractivity contribution in [2.75, 3.05) is 19.0 Å². The van der Waals surface area contributed by atoms with Crippen LogP contribution in [0.5, 0.6) is 17.2 Å². The number of ether oxygens (including phenoxy) is 3. The summed E-state index contributed by atoms with van der Waals surface area (Å²) in [5.41, 5.74) is 0. The van der Waals surface area contributed by atoms with E-state index in [-0.39, 0.29) is 6.10 Å². The van der Waals surface area contributed by atoms with Gasteiger partial charge in [0.25, 0.3) is 0 Å². The fourth-order valence-electron chi connectivity index (χ4n) is 2.76. The fraction of sp³-hybridized carbons (Fsp3) is 0.263. The highest BCUT2D eigenvalue weighted by atomic mass is 35.5. The first-order chi connectivity index (χ1) is 13.6. The highest BCUT2D eigenvalue weighted by Crippen LogP contribution is 2.35. The summed E-state index contributed by atoms with van der Waals surface area (Å²) >= 11 is 13.5. The van der Waals surface area contributed by atoms with Gasteiger partial charge in [-0.15, -0.1) is 10.2 Å². The van der Waals surface area contributed by atoms with Gasteiger partial charge in [-0.3, -0.25) is 0 Å². The minimum absolute atomic E-state index is 0.300. The van der Waals surface area contributed by atoms with Gasteiger partial charge in [0, 0.05) is 17.8 Å². The van der Waals surface area contributed by atoms with Gasteiger partial charge in [-0.1, -0.05) is 47.1 Å². The Balaban J connectivity index is 1.34. The molecule has 1 aliphatic heterocycles. The summed E-state index contributed by atoms with van der Waals surface area (Å²) in [5, 5.41) is 10.4. The highest BCUT2D eigenvalue weighted by Gasteiger charge is 2.27. The molecular weight excluding hydrogens is 421 g/mol. The normalized spacial score (nSPS) is 15.5. The maximum atomic E-state index is 6.11. The Kier molecular flexibility index (Phi) is 5.85. The van der Waals surface area contributed by atoms with Gasteiger partial charge in [0.05, 0.1) is 11.6 Å². The van der Waals surface area contributed by atoms with Crippen LogP contribution in [0.3, 0.4) is 0 Å². The van der Waals surface area contributed by atoms with Crippen molar-refractivity contribution in [3.05, 3.63) is 58.3 Å². The van der Waals surface area contributed by atoms with Gasteiger partial charge in [0.2, 0.25) is 0 Å². The van der Waals surface area contributed by atoms with Crippen LogP contribution in [0.15, 0.2) is 47.6 Å². The number of rotatable bonds is 6. The Labute approximate surface area is 176 Å². The second-order valence-electron chi connectivity index (χ2n) is 6.04. The van der Waals surface area contributed by atoms with Gasteiger partial charge >= 0.3 is 0 Å². The minimum Gasteiger partial charge on any atom is -0.491 e. The lowest BCUT2D eigenvalue weighted by molar-refractivity contribution is 0.0825. The molecule has 0 spiro atoms. The maximum absolute atomic E-state index is 6.11. The zero-order valence-corrected chi connectivity index (χ0v) is 17.3. The van der Waals surface area contributed by atoms with E-state index < -0.39 is 0 Å². The predicted octanol–water partition coefficient (Wildman–Crippen LogP) is 4.81. The third-order valence-corrected chi connectivity index (χ3v) is 5.65. The van der Waals surface area contributed by atoms with Gasteiger partial charge in [-0.2, -0.15) is 0 Å². The third kappa shape index (κ3) is 4.16. The fourth-order valence-corrected chi connectivity index (χ4v) is 3.95. The van der Waals surface area contributed by atoms with Crippen molar-refractivity contribution in [2.45, 2.75) is 11.3 Å². The average Bonchev–Trinajstić information content (AvgIpc) is 3.06. The van der Waals surface area contributed by atoms with Crippen molar-refractivity contribution >= 4 is 35.0 Å². The van der Waals surface area contributed by atoms with Crippen LogP contribution in [0.2, 0.25) is 10.0 Å². The van der Waals surface area contributed by atoms with Crippen LogP contribution in [-0.4, -0.2) is 33.7 Å². The highest BCUT2D eigenvalue weighted by molar-refractivity contribution is 7.99. The van der Waals surface area contributed by atoms with Crippen molar-refractivity contribution < 1.29 is 14.2 Å². The minimum atomic E-state index is -0.300. The van der Waals surface area contributed by atoms with Crippen LogP contribution in [0.1, 0.15) is 11.9 Å². The molecular formula is C19H17Cl2N3O3S. The molecule has 4 rings (SSSR count). The molecule has 0 saturated carbocycles. The molecule has 6 nitrogen and oxygen atoms in total. The number of thioether (sulfide) groups is 1. The largest absolute Gasteiger partial charge is 0.491 e. The summed E-state index contributed by atoms with van der Waals surface area (Å²) in [6.07, 6.45) is -0.300. The number of fused-ring (bicyclic) bond motifs is 1. The summed E-state index contributed by atoms with van der Waals surface area (Å²) in [4.78, 5) is 0. The zero-order valence-electron chi connectivity index (χ0n) is 15.0. The van der Waals surface area contributed by atoms with Crippen LogP contribution in [0.25, 0.3) is 0 Å². The summed E-state index contributed by atoms with van der Waals surface area (Å²) in [7, 11) is 1.92. The molecule has 0 saturated heterocycles. The van der Waals surface area contributed by atoms with Gasteiger partial charge in [0.1, 0.15) is 12.4 Å². The Morgan fingerprint density at radius 3 is 2.82 bits per heavy atom. The second-order valence-corrected chi connectivity index (χ2v) is 7.94. The molecule has 2 aromatic carbocycles. The van der Waals surface area contributed by atoms with Crippen LogP contribution in [-0.2, 0) is 7.05 Å². The van der Waals surface area contributed by atoms with E-state index in [1.165, 1.54) is 0 Å². The Morgan fingerprint density at radius 2 is 2.00 bits per heavy atom. The lowest BCUT2D eigenvalue weighted by atomic mass is 10.2. The smallest absolute Gasteiger partial charge is 0.192 e. The molecule has 3 aromatic rings. The Morgan fingerprint density at radius 1 is 1.18 bits per heavy atom. The number of halogens is 2. The molecule has 0 N–H and O–H groups in total. The molecule has 28 heavy (non-hydrogen) atoms. The maximum Gasteiger partial charge on any atom is 0.192 e. The molecule has 2 heterocycles. The number of hydrogen-bond donors (Lipinski definition) is 0. The van der Waals surface area contributed by atoms with Crippen molar-refractivity contribution in [1.29, 1.82) is 0 Å². The molecule has 0 amide bonds. The van der Waals surface area contributed by atoms with Gasteiger partial charge in [-0.25, -0.2) is 0 Å². The zero-order chi connectivity index (χ0) is 19.5. The predicted molar refractivity (Wildman–Crippen MR) is 109 cm³/mol. The van der Waals surface area contributed by atoms with E-state index in [2.05, 4.69) is 10.2 Å². The van der Waals surface area contributed by atoms with Gasteiger partial charge in [-0.05, 0) is 30.3 Å².